The number of halogens is 2. The van der Waals surface area contributed by atoms with Gasteiger partial charge in [0.25, 0.3) is 5.91 Å². The Hall–Kier alpha value is -4.29. The molecule has 5 rings (SSSR count). The number of nitrogens with zero attached hydrogens (tertiary/aromatic N) is 2. The predicted octanol–water partition coefficient (Wildman–Crippen LogP) is 0.778. The van der Waals surface area contributed by atoms with Crippen LogP contribution in [0.15, 0.2) is 41.2 Å². The van der Waals surface area contributed by atoms with Gasteiger partial charge in [0.2, 0.25) is 0 Å². The molecule has 0 saturated heterocycles. The van der Waals surface area contributed by atoms with Crippen molar-refractivity contribution in [3.05, 3.63) is 63.9 Å². The zero-order valence-electron chi connectivity index (χ0n) is 22.7. The molecule has 3 aliphatic carbocycles. The quantitative estimate of drug-likeness (QED) is 0.390. The largest absolute Gasteiger partial charge is 0.873 e. The molecule has 0 spiro atoms. The Morgan fingerprint density at radius 3 is 2.32 bits per heavy atom. The van der Waals surface area contributed by atoms with Gasteiger partial charge in [0.05, 0.1) is 17.2 Å². The molecule has 0 radical (unpaired) electrons. The molecular formula is C29H28F2N3O7-. The number of rotatable bonds is 4. The number of likely N-dealkylation sites (N-methyl/N-ethyl adjacent to an activating group) is 1. The molecule has 0 bridgehead atoms. The number of carbonyl (C=O) groups excluding carboxylic acids is 3. The fraction of sp³-hybridized carbons (Fsp3) is 0.345. The maximum Gasteiger partial charge on any atom is 0.251 e. The summed E-state index contributed by atoms with van der Waals surface area (Å²) in [6.45, 7) is 0. The van der Waals surface area contributed by atoms with Gasteiger partial charge in [0, 0.05) is 36.8 Å². The van der Waals surface area contributed by atoms with Gasteiger partial charge in [-0.3, -0.25) is 19.3 Å². The van der Waals surface area contributed by atoms with Gasteiger partial charge in [-0.15, -0.1) is 0 Å². The Bertz CT molecular complexity index is 1610. The number of fused-ring (bicyclic) bond motifs is 3. The number of primary amides is 1. The van der Waals surface area contributed by atoms with Crippen molar-refractivity contribution in [1.29, 1.82) is 0 Å². The van der Waals surface area contributed by atoms with Gasteiger partial charge in [-0.1, -0.05) is 11.8 Å². The van der Waals surface area contributed by atoms with E-state index in [9.17, 15) is 43.6 Å². The minimum atomic E-state index is -2.87. The molecule has 0 aromatic heterocycles. The maximum atomic E-state index is 14.1. The minimum Gasteiger partial charge on any atom is -0.873 e. The van der Waals surface area contributed by atoms with Crippen LogP contribution < -0.4 is 15.7 Å². The Balaban J connectivity index is 1.78. The molecule has 1 amide bonds. The number of aliphatic hydroxyl groups excluding tert-OH is 1. The first-order chi connectivity index (χ1) is 19.1. The lowest BCUT2D eigenvalue weighted by Crippen LogP contribution is -2.67. The van der Waals surface area contributed by atoms with Crippen molar-refractivity contribution >= 4 is 28.9 Å². The zero-order chi connectivity index (χ0) is 30.3. The van der Waals surface area contributed by atoms with Crippen molar-refractivity contribution in [2.75, 3.05) is 33.1 Å². The van der Waals surface area contributed by atoms with Gasteiger partial charge in [-0.2, -0.15) is 0 Å². The van der Waals surface area contributed by atoms with Crippen LogP contribution in [-0.2, 0) is 20.8 Å². The third-order valence-electron chi connectivity index (χ3n) is 8.39. The average molecular weight is 569 g/mol. The molecule has 1 saturated carbocycles. The van der Waals surface area contributed by atoms with E-state index >= 15 is 0 Å². The first kappa shape index (κ1) is 28.2. The van der Waals surface area contributed by atoms with Crippen molar-refractivity contribution in [2.45, 2.75) is 24.5 Å². The summed E-state index contributed by atoms with van der Waals surface area (Å²) < 4.78 is 27.7. The highest BCUT2D eigenvalue weighted by Crippen LogP contribution is 2.54. The standard InChI is InChI=1S/C29H29F2N3O7/c1-33(2)18-10-13(11-5-6-16(30)17(31)9-11)23(35)20-14(18)7-12-8-15-22(34(3)4)25(37)21(28(32)40)27(39)29(15,41)26(38)19(12)24(20)36/h5-6,9-10,12,15,22,35-36,39,41H,7-8H2,1-4H3,(H2,32,40)/p-1/t12-,15-,22-,29-/m0/s1. The number of aromatic hydroxyl groups is 1. The minimum absolute atomic E-state index is 0.0353. The van der Waals surface area contributed by atoms with Crippen LogP contribution in [0.4, 0.5) is 14.5 Å². The number of hydrogen-bond acceptors (Lipinski definition) is 9. The van der Waals surface area contributed by atoms with Crippen LogP contribution in [0.2, 0.25) is 0 Å². The first-order valence-corrected chi connectivity index (χ1v) is 12.8. The van der Waals surface area contributed by atoms with Gasteiger partial charge in [0.15, 0.2) is 23.2 Å². The predicted molar refractivity (Wildman–Crippen MR) is 141 cm³/mol. The van der Waals surface area contributed by atoms with Crippen LogP contribution in [0, 0.1) is 23.5 Å². The summed E-state index contributed by atoms with van der Waals surface area (Å²) >= 11 is 0. The Morgan fingerprint density at radius 2 is 1.76 bits per heavy atom. The van der Waals surface area contributed by atoms with E-state index in [0.29, 0.717) is 11.3 Å². The number of aliphatic hydroxyl groups is 2. The topological polar surface area (TPSA) is 167 Å². The summed E-state index contributed by atoms with van der Waals surface area (Å²) in [5.74, 6) is -10.4. The summed E-state index contributed by atoms with van der Waals surface area (Å²) in [5.41, 5.74) is 1.98. The van der Waals surface area contributed by atoms with Crippen molar-refractivity contribution in [2.24, 2.45) is 17.6 Å². The average Bonchev–Trinajstić information content (AvgIpc) is 2.87. The lowest BCUT2D eigenvalue weighted by Gasteiger charge is -2.53. The van der Waals surface area contributed by atoms with E-state index < -0.39 is 75.4 Å². The van der Waals surface area contributed by atoms with Crippen molar-refractivity contribution in [3.63, 3.8) is 0 Å². The molecule has 5 N–H and O–H groups in total. The van der Waals surface area contributed by atoms with Crippen molar-refractivity contribution in [1.82, 2.24) is 4.90 Å². The number of phenolic OH excluding ortho intramolecular Hbond substituents is 1. The second kappa shape index (κ2) is 9.38. The third-order valence-corrected chi connectivity index (χ3v) is 8.39. The number of Topliss-reactive ketones (excluding diaryl/α,β-unsaturated/α-hetero) is 2. The highest BCUT2D eigenvalue weighted by molar-refractivity contribution is 6.24. The zero-order valence-corrected chi connectivity index (χ0v) is 22.7. The van der Waals surface area contributed by atoms with Gasteiger partial charge in [-0.05, 0) is 62.2 Å². The summed E-state index contributed by atoms with van der Waals surface area (Å²) in [4.78, 5) is 42.3. The van der Waals surface area contributed by atoms with E-state index in [-0.39, 0.29) is 35.1 Å². The molecule has 3 aliphatic rings. The number of anilines is 1. The number of ketones is 2. The molecule has 41 heavy (non-hydrogen) atoms. The molecular weight excluding hydrogens is 540 g/mol. The summed E-state index contributed by atoms with van der Waals surface area (Å²) in [5, 5.41) is 47.9. The van der Waals surface area contributed by atoms with E-state index in [1.807, 2.05) is 0 Å². The first-order valence-electron chi connectivity index (χ1n) is 12.8. The highest BCUT2D eigenvalue weighted by atomic mass is 19.2. The van der Waals surface area contributed by atoms with Crippen LogP contribution in [-0.4, -0.2) is 77.5 Å². The number of hydrogen-bond donors (Lipinski definition) is 4. The lowest BCUT2D eigenvalue weighted by molar-refractivity contribution is -0.338. The van der Waals surface area contributed by atoms with E-state index in [4.69, 9.17) is 5.73 Å². The molecule has 10 nitrogen and oxygen atoms in total. The fourth-order valence-electron chi connectivity index (χ4n) is 6.55. The number of phenols is 1. The van der Waals surface area contributed by atoms with E-state index in [2.05, 4.69) is 0 Å². The van der Waals surface area contributed by atoms with Crippen LogP contribution in [0.25, 0.3) is 16.9 Å². The number of amides is 1. The van der Waals surface area contributed by atoms with Crippen LogP contribution in [0.1, 0.15) is 17.5 Å². The molecule has 4 atom stereocenters. The molecule has 216 valence electrons. The van der Waals surface area contributed by atoms with Crippen molar-refractivity contribution in [3.8, 4) is 16.9 Å². The second-order valence-corrected chi connectivity index (χ2v) is 11.1. The van der Waals surface area contributed by atoms with Crippen LogP contribution in [0.3, 0.4) is 0 Å². The molecule has 2 aromatic rings. The van der Waals surface area contributed by atoms with Crippen LogP contribution >= 0.6 is 0 Å². The van der Waals surface area contributed by atoms with Crippen molar-refractivity contribution < 1.29 is 43.6 Å². The fourth-order valence-corrected chi connectivity index (χ4v) is 6.55. The summed E-state index contributed by atoms with van der Waals surface area (Å²) in [6, 6.07) is 3.33. The van der Waals surface area contributed by atoms with Gasteiger partial charge < -0.3 is 31.1 Å². The van der Waals surface area contributed by atoms with Gasteiger partial charge in [0.1, 0.15) is 17.1 Å². The monoisotopic (exact) mass is 568 g/mol. The Kier molecular flexibility index (Phi) is 6.47. The third kappa shape index (κ3) is 3.85. The molecule has 0 aliphatic heterocycles. The molecule has 1 fully saturated rings. The highest BCUT2D eigenvalue weighted by Gasteiger charge is 2.61. The number of nitrogens with two attached hydrogens (primary N) is 1. The SMILES string of the molecule is CN(C)c1cc(-c2ccc(F)c(F)c2)c(O)c2c1C[C@H]1C[C@H]3[C@H](N(C)C)C(=O)C(C(N)=O)=C([O-])[C@@]3(O)C(=O)C1=C2O. The smallest absolute Gasteiger partial charge is 0.251 e. The van der Waals surface area contributed by atoms with Gasteiger partial charge >= 0.3 is 0 Å². The van der Waals surface area contributed by atoms with E-state index in [1.165, 1.54) is 25.1 Å². The second-order valence-electron chi connectivity index (χ2n) is 11.1. The molecule has 0 unspecified atom stereocenters. The van der Waals surface area contributed by atoms with E-state index in [0.717, 1.165) is 12.1 Å². The Labute approximate surface area is 233 Å². The van der Waals surface area contributed by atoms with E-state index in [1.54, 1.807) is 25.1 Å². The normalized spacial score (nSPS) is 25.7. The molecule has 0 heterocycles. The van der Waals surface area contributed by atoms with Gasteiger partial charge in [-0.25, -0.2) is 8.78 Å². The number of carbonyl (C=O) groups is 3. The number of benzene rings is 2. The molecule has 12 heteroatoms. The Morgan fingerprint density at radius 1 is 1.10 bits per heavy atom. The lowest BCUT2D eigenvalue weighted by atomic mass is 9.57. The maximum absolute atomic E-state index is 14.1. The summed E-state index contributed by atoms with van der Waals surface area (Å²) in [6.07, 6.45) is -0.0207. The van der Waals surface area contributed by atoms with Crippen LogP contribution in [0.5, 0.6) is 5.75 Å². The molecule has 2 aromatic carbocycles. The summed E-state index contributed by atoms with van der Waals surface area (Å²) in [7, 11) is 6.40.